The summed E-state index contributed by atoms with van der Waals surface area (Å²) >= 11 is 0. The van der Waals surface area contributed by atoms with Crippen molar-refractivity contribution >= 4 is 10.2 Å². The van der Waals surface area contributed by atoms with Crippen LogP contribution in [0.3, 0.4) is 0 Å². The molecule has 82 valence electrons. The van der Waals surface area contributed by atoms with Crippen LogP contribution in [0.4, 0.5) is 0 Å². The molecule has 0 spiro atoms. The molecule has 0 radical (unpaired) electrons. The summed E-state index contributed by atoms with van der Waals surface area (Å²) < 4.78 is 31.9. The van der Waals surface area contributed by atoms with Gasteiger partial charge in [0.05, 0.1) is 12.1 Å². The highest BCUT2D eigenvalue weighted by Crippen LogP contribution is 2.00. The van der Waals surface area contributed by atoms with Gasteiger partial charge in [0.2, 0.25) is 0 Å². The van der Waals surface area contributed by atoms with E-state index < -0.39 is 15.7 Å². The topological polar surface area (TPSA) is 67.4 Å². The Morgan fingerprint density at radius 1 is 1.50 bits per heavy atom. The number of rotatable bonds is 6. The van der Waals surface area contributed by atoms with Crippen molar-refractivity contribution in [2.75, 3.05) is 20.3 Å². The van der Waals surface area contributed by atoms with Gasteiger partial charge < -0.3 is 4.74 Å². The molecule has 0 aromatic heterocycles. The maximum absolute atomic E-state index is 11.3. The summed E-state index contributed by atoms with van der Waals surface area (Å²) in [4.78, 5) is 0. The molecular weight excluding hydrogens is 204 g/mol. The maximum atomic E-state index is 11.3. The minimum absolute atomic E-state index is 0.215. The molecule has 0 aliphatic carbocycles. The average Bonchev–Trinajstić information content (AvgIpc) is 2.03. The molecule has 0 rings (SSSR count). The summed E-state index contributed by atoms with van der Waals surface area (Å²) in [5.41, 5.74) is -0.890. The lowest BCUT2D eigenvalue weighted by Gasteiger charge is -2.19. The lowest BCUT2D eigenvalue weighted by atomic mass is 10.1. The van der Waals surface area contributed by atoms with Crippen LogP contribution in [0.2, 0.25) is 0 Å². The van der Waals surface area contributed by atoms with Crippen molar-refractivity contribution in [2.45, 2.75) is 19.4 Å². The molecule has 0 unspecified atom stereocenters. The lowest BCUT2D eigenvalue weighted by Crippen LogP contribution is -2.48. The number of hydrogen-bond donors (Lipinski definition) is 2. The second-order valence-electron chi connectivity index (χ2n) is 3.26. The van der Waals surface area contributed by atoms with E-state index in [0.717, 1.165) is 0 Å². The molecule has 0 saturated heterocycles. The van der Waals surface area contributed by atoms with Gasteiger partial charge in [0.15, 0.2) is 0 Å². The second-order valence-corrected chi connectivity index (χ2v) is 4.76. The fourth-order valence-electron chi connectivity index (χ4n) is 0.680. The predicted molar refractivity (Wildman–Crippen MR) is 54.8 cm³/mol. The van der Waals surface area contributed by atoms with Gasteiger partial charge in [-0.25, -0.2) is 0 Å². The average molecular weight is 220 g/mol. The van der Waals surface area contributed by atoms with Crippen LogP contribution in [0.15, 0.2) is 0 Å². The molecular formula is C8H16N2O3S. The lowest BCUT2D eigenvalue weighted by molar-refractivity contribution is 0.204. The van der Waals surface area contributed by atoms with E-state index in [1.54, 1.807) is 13.8 Å². The fraction of sp³-hybridized carbons (Fsp3) is 0.750. The monoisotopic (exact) mass is 220 g/mol. The van der Waals surface area contributed by atoms with Crippen LogP contribution in [-0.4, -0.2) is 34.2 Å². The number of nitrogens with one attached hydrogen (secondary N) is 2. The molecule has 0 amide bonds. The van der Waals surface area contributed by atoms with Crippen molar-refractivity contribution in [1.29, 1.82) is 0 Å². The van der Waals surface area contributed by atoms with E-state index in [9.17, 15) is 8.42 Å². The Morgan fingerprint density at radius 2 is 2.07 bits per heavy atom. The summed E-state index contributed by atoms with van der Waals surface area (Å²) in [5.74, 6) is 2.33. The summed E-state index contributed by atoms with van der Waals surface area (Å²) in [6.45, 7) is 3.73. The van der Waals surface area contributed by atoms with Crippen molar-refractivity contribution in [1.82, 2.24) is 9.44 Å². The maximum Gasteiger partial charge on any atom is 0.278 e. The summed E-state index contributed by atoms with van der Waals surface area (Å²) in [7, 11) is -2.05. The Kier molecular flexibility index (Phi) is 5.08. The molecule has 0 aliphatic rings. The summed E-state index contributed by atoms with van der Waals surface area (Å²) in [6, 6.07) is 0. The first kappa shape index (κ1) is 13.4. The van der Waals surface area contributed by atoms with E-state index in [1.807, 2.05) is 0 Å². The van der Waals surface area contributed by atoms with Crippen LogP contribution in [0.25, 0.3) is 0 Å². The zero-order valence-electron chi connectivity index (χ0n) is 8.62. The first-order chi connectivity index (χ1) is 6.33. The van der Waals surface area contributed by atoms with Crippen LogP contribution >= 0.6 is 0 Å². The van der Waals surface area contributed by atoms with E-state index in [2.05, 4.69) is 15.4 Å². The van der Waals surface area contributed by atoms with Gasteiger partial charge >= 0.3 is 0 Å². The molecule has 14 heavy (non-hydrogen) atoms. The van der Waals surface area contributed by atoms with Crippen molar-refractivity contribution in [3.8, 4) is 12.3 Å². The molecule has 6 heteroatoms. The number of terminal acetylenes is 1. The van der Waals surface area contributed by atoms with Crippen molar-refractivity contribution in [3.05, 3.63) is 0 Å². The molecule has 0 bridgehead atoms. The molecule has 0 fully saturated rings. The van der Waals surface area contributed by atoms with E-state index in [0.29, 0.717) is 6.61 Å². The first-order valence-corrected chi connectivity index (χ1v) is 5.56. The van der Waals surface area contributed by atoms with Gasteiger partial charge in [-0.15, -0.1) is 6.42 Å². The van der Waals surface area contributed by atoms with Gasteiger partial charge in [0.25, 0.3) is 10.2 Å². The molecule has 0 aromatic rings. The molecule has 2 N–H and O–H groups in total. The molecule has 0 heterocycles. The standard InChI is InChI=1S/C8H16N2O3S/c1-5-8(2,3)10-14(11,12)9-6-7-13-4/h1,9-10H,6-7H2,2-4H3. The van der Waals surface area contributed by atoms with Gasteiger partial charge in [-0.2, -0.15) is 17.9 Å². The number of ether oxygens (including phenoxy) is 1. The smallest absolute Gasteiger partial charge is 0.278 e. The number of hydrogen-bond acceptors (Lipinski definition) is 3. The highest BCUT2D eigenvalue weighted by atomic mass is 32.2. The van der Waals surface area contributed by atoms with Gasteiger partial charge in [-0.05, 0) is 13.8 Å². The third kappa shape index (κ3) is 5.94. The van der Waals surface area contributed by atoms with Crippen LogP contribution in [0.1, 0.15) is 13.8 Å². The first-order valence-electron chi connectivity index (χ1n) is 4.08. The largest absolute Gasteiger partial charge is 0.383 e. The fourth-order valence-corrected chi connectivity index (χ4v) is 1.83. The van der Waals surface area contributed by atoms with Gasteiger partial charge in [-0.3, -0.25) is 0 Å². The van der Waals surface area contributed by atoms with Gasteiger partial charge in [-0.1, -0.05) is 5.92 Å². The van der Waals surface area contributed by atoms with E-state index in [-0.39, 0.29) is 6.54 Å². The zero-order chi connectivity index (χ0) is 11.2. The van der Waals surface area contributed by atoms with Crippen LogP contribution in [0.5, 0.6) is 0 Å². The van der Waals surface area contributed by atoms with Crippen molar-refractivity contribution in [2.24, 2.45) is 0 Å². The molecule has 0 aliphatic heterocycles. The summed E-state index contributed by atoms with van der Waals surface area (Å²) in [5, 5.41) is 0. The highest BCUT2D eigenvalue weighted by molar-refractivity contribution is 7.87. The Labute approximate surface area is 85.4 Å². The Morgan fingerprint density at radius 3 is 2.50 bits per heavy atom. The van der Waals surface area contributed by atoms with Crippen molar-refractivity contribution in [3.63, 3.8) is 0 Å². The quantitative estimate of drug-likeness (QED) is 0.467. The normalized spacial score (nSPS) is 12.4. The molecule has 0 atom stereocenters. The molecule has 0 saturated carbocycles. The zero-order valence-corrected chi connectivity index (χ0v) is 9.44. The van der Waals surface area contributed by atoms with Crippen LogP contribution in [-0.2, 0) is 14.9 Å². The Bertz CT molecular complexity index is 303. The third-order valence-corrected chi connectivity index (χ3v) is 2.71. The highest BCUT2D eigenvalue weighted by Gasteiger charge is 2.21. The summed E-state index contributed by atoms with van der Waals surface area (Å²) in [6.07, 6.45) is 5.14. The second kappa shape index (κ2) is 5.32. The minimum atomic E-state index is -3.55. The molecule has 5 nitrogen and oxygen atoms in total. The van der Waals surface area contributed by atoms with Gasteiger partial charge in [0.1, 0.15) is 0 Å². The predicted octanol–water partition coefficient (Wildman–Crippen LogP) is -0.531. The third-order valence-electron chi connectivity index (χ3n) is 1.35. The molecule has 0 aromatic carbocycles. The van der Waals surface area contributed by atoms with E-state index in [4.69, 9.17) is 11.2 Å². The van der Waals surface area contributed by atoms with Crippen molar-refractivity contribution < 1.29 is 13.2 Å². The van der Waals surface area contributed by atoms with Crippen LogP contribution in [0, 0.1) is 12.3 Å². The Balaban J connectivity index is 4.17. The van der Waals surface area contributed by atoms with E-state index in [1.165, 1.54) is 7.11 Å². The van der Waals surface area contributed by atoms with Crippen LogP contribution < -0.4 is 9.44 Å². The minimum Gasteiger partial charge on any atom is -0.383 e. The van der Waals surface area contributed by atoms with Gasteiger partial charge in [0, 0.05) is 13.7 Å². The van der Waals surface area contributed by atoms with E-state index >= 15 is 0 Å². The number of methoxy groups -OCH3 is 1. The Hall–Kier alpha value is -0.610. The SMILES string of the molecule is C#CC(C)(C)NS(=O)(=O)NCCOC.